The zero-order valence-corrected chi connectivity index (χ0v) is 9.41. The van der Waals surface area contributed by atoms with Crippen LogP contribution in [0.3, 0.4) is 0 Å². The van der Waals surface area contributed by atoms with E-state index in [0.717, 1.165) is 0 Å². The van der Waals surface area contributed by atoms with Crippen molar-refractivity contribution < 1.29 is 70.0 Å². The molecule has 0 unspecified atom stereocenters. The summed E-state index contributed by atoms with van der Waals surface area (Å²) >= 11 is 0. The summed E-state index contributed by atoms with van der Waals surface area (Å²) in [6.07, 6.45) is 0. The van der Waals surface area contributed by atoms with Gasteiger partial charge in [0.25, 0.3) is 0 Å². The third kappa shape index (κ3) is 713. The van der Waals surface area contributed by atoms with Crippen LogP contribution < -0.4 is 0 Å². The molecule has 11 heavy (non-hydrogen) atoms. The van der Waals surface area contributed by atoms with Crippen LogP contribution >= 0.6 is 24.8 Å². The number of hydrogen-bond acceptors (Lipinski definition) is 0. The summed E-state index contributed by atoms with van der Waals surface area (Å²) in [5.41, 5.74) is 0. The van der Waals surface area contributed by atoms with Gasteiger partial charge in [0.2, 0.25) is 0 Å². The molecular weight excluding hydrogens is 290 g/mol. The summed E-state index contributed by atoms with van der Waals surface area (Å²) in [6, 6.07) is 0. The summed E-state index contributed by atoms with van der Waals surface area (Å²) in [4.78, 5) is 0. The molecule has 0 heterocycles. The Bertz CT molecular complexity index is 12.1. The smallest absolute Gasteiger partial charge is 0 e. The first-order valence-electron chi connectivity index (χ1n) is 0. The van der Waals surface area contributed by atoms with Crippen molar-refractivity contribution in [3.8, 4) is 0 Å². The van der Waals surface area contributed by atoms with Crippen LogP contribution in [-0.4, -0.2) is 43.8 Å². The van der Waals surface area contributed by atoms with Gasteiger partial charge >= 0.3 is 0 Å². The minimum atomic E-state index is 0. The van der Waals surface area contributed by atoms with Gasteiger partial charge in [-0.05, 0) is 0 Å². The van der Waals surface area contributed by atoms with E-state index >= 15 is 0 Å². The molecule has 8 nitrogen and oxygen atoms in total. The Morgan fingerprint density at radius 3 is 0.273 bits per heavy atom. The molecule has 0 saturated heterocycles. The predicted molar refractivity (Wildman–Crippen MR) is 43.4 cm³/mol. The van der Waals surface area contributed by atoms with Gasteiger partial charge in [-0.25, -0.2) is 0 Å². The largest absolute Gasteiger partial charge is 0.412 e. The van der Waals surface area contributed by atoms with E-state index in [1.165, 1.54) is 0 Å². The molecule has 0 aliphatic heterocycles. The molecule has 0 saturated carbocycles. The molecule has 0 aliphatic carbocycles. The van der Waals surface area contributed by atoms with Gasteiger partial charge in [0.15, 0.2) is 0 Å². The quantitative estimate of drug-likeness (QED) is 0.405. The minimum absolute atomic E-state index is 0. The SMILES string of the molecule is Cl.Cl.O.O.O.O.O.O.O.O.[Zr]. The van der Waals surface area contributed by atoms with Crippen molar-refractivity contribution in [3.63, 3.8) is 0 Å². The third-order valence-electron chi connectivity index (χ3n) is 0. The van der Waals surface area contributed by atoms with E-state index in [0.29, 0.717) is 0 Å². The molecule has 0 aromatic heterocycles. The van der Waals surface area contributed by atoms with Crippen LogP contribution in [0, 0.1) is 0 Å². The Morgan fingerprint density at radius 1 is 0.273 bits per heavy atom. The fraction of sp³-hybridized carbons (Fsp3) is 0. The normalized spacial score (nSPS) is 0. The van der Waals surface area contributed by atoms with Crippen LogP contribution in [0.1, 0.15) is 0 Å². The number of halogens is 2. The Labute approximate surface area is 94.8 Å². The van der Waals surface area contributed by atoms with Crippen LogP contribution in [0.25, 0.3) is 0 Å². The molecule has 0 aromatic carbocycles. The first kappa shape index (κ1) is 1150. The second kappa shape index (κ2) is 877. The van der Waals surface area contributed by atoms with E-state index in [2.05, 4.69) is 0 Å². The Balaban J connectivity index is 0. The molecular formula is H18Cl2O8Zr. The van der Waals surface area contributed by atoms with E-state index in [1.807, 2.05) is 0 Å². The van der Waals surface area contributed by atoms with Crippen LogP contribution in [0.2, 0.25) is 0 Å². The average Bonchev–Trinajstić information content (AvgIpc) is 0. The van der Waals surface area contributed by atoms with Gasteiger partial charge in [-0.1, -0.05) is 0 Å². The van der Waals surface area contributed by atoms with Crippen LogP contribution in [0.15, 0.2) is 0 Å². The maximum absolute atomic E-state index is 0. The van der Waals surface area contributed by atoms with Crippen molar-refractivity contribution >= 4 is 24.8 Å². The van der Waals surface area contributed by atoms with Crippen molar-refractivity contribution in [1.82, 2.24) is 0 Å². The monoisotopic (exact) mass is 306 g/mol. The average molecular weight is 308 g/mol. The van der Waals surface area contributed by atoms with Gasteiger partial charge in [-0.2, -0.15) is 0 Å². The second-order valence-electron chi connectivity index (χ2n) is 0. The van der Waals surface area contributed by atoms with E-state index in [9.17, 15) is 0 Å². The topological polar surface area (TPSA) is 252 Å². The molecule has 11 heteroatoms. The molecule has 0 spiro atoms. The zero-order chi connectivity index (χ0) is 0. The van der Waals surface area contributed by atoms with E-state index in [-0.39, 0.29) is 94.8 Å². The van der Waals surface area contributed by atoms with Crippen LogP contribution in [-0.2, 0) is 26.2 Å². The summed E-state index contributed by atoms with van der Waals surface area (Å²) < 4.78 is 0. The molecule has 0 atom stereocenters. The van der Waals surface area contributed by atoms with Gasteiger partial charge < -0.3 is 43.8 Å². The van der Waals surface area contributed by atoms with Gasteiger partial charge in [0.05, 0.1) is 0 Å². The third-order valence-corrected chi connectivity index (χ3v) is 0. The minimum Gasteiger partial charge on any atom is -0.412 e. The first-order valence-corrected chi connectivity index (χ1v) is 0. The summed E-state index contributed by atoms with van der Waals surface area (Å²) in [5, 5.41) is 0. The van der Waals surface area contributed by atoms with Gasteiger partial charge in [-0.15, -0.1) is 24.8 Å². The van der Waals surface area contributed by atoms with Crippen molar-refractivity contribution in [2.75, 3.05) is 0 Å². The van der Waals surface area contributed by atoms with Crippen LogP contribution in [0.4, 0.5) is 0 Å². The van der Waals surface area contributed by atoms with Gasteiger partial charge in [0, 0.05) is 26.2 Å². The van der Waals surface area contributed by atoms with Crippen molar-refractivity contribution in [1.29, 1.82) is 0 Å². The predicted octanol–water partition coefficient (Wildman–Crippen LogP) is -5.76. The molecule has 0 aromatic rings. The molecule has 0 rings (SSSR count). The fourth-order valence-electron chi connectivity index (χ4n) is 0. The molecule has 0 aliphatic rings. The number of rotatable bonds is 0. The molecule has 84 valence electrons. The maximum atomic E-state index is 0. The fourth-order valence-corrected chi connectivity index (χ4v) is 0. The summed E-state index contributed by atoms with van der Waals surface area (Å²) in [7, 11) is 0. The van der Waals surface area contributed by atoms with E-state index in [4.69, 9.17) is 0 Å². The molecule has 0 fully saturated rings. The van der Waals surface area contributed by atoms with Crippen molar-refractivity contribution in [2.24, 2.45) is 0 Å². The molecule has 0 amide bonds. The Hall–Kier alpha value is 1.14. The Morgan fingerprint density at radius 2 is 0.273 bits per heavy atom. The second-order valence-corrected chi connectivity index (χ2v) is 0. The van der Waals surface area contributed by atoms with Gasteiger partial charge in [0.1, 0.15) is 0 Å². The summed E-state index contributed by atoms with van der Waals surface area (Å²) in [6.45, 7) is 0. The molecule has 0 bridgehead atoms. The molecule has 16 N–H and O–H groups in total. The maximum Gasteiger partial charge on any atom is 0 e. The van der Waals surface area contributed by atoms with Crippen molar-refractivity contribution in [3.05, 3.63) is 0 Å². The summed E-state index contributed by atoms with van der Waals surface area (Å²) in [5.74, 6) is 0. The van der Waals surface area contributed by atoms with E-state index in [1.54, 1.807) is 0 Å². The van der Waals surface area contributed by atoms with E-state index < -0.39 is 0 Å². The molecule has 0 radical (unpaired) electrons. The number of hydrogen-bond donors (Lipinski definition) is 0. The first-order chi connectivity index (χ1) is 0. The standard InChI is InChI=1S/2ClH.8H2O.Zr/h2*1H;8*1H2;. The van der Waals surface area contributed by atoms with Crippen LogP contribution in [0.5, 0.6) is 0 Å². The van der Waals surface area contributed by atoms with Gasteiger partial charge in [-0.3, -0.25) is 0 Å². The zero-order valence-electron chi connectivity index (χ0n) is 5.32. The Kier molecular flexibility index (Phi) is 92000. The van der Waals surface area contributed by atoms with Crippen molar-refractivity contribution in [2.45, 2.75) is 0 Å².